The van der Waals surface area contributed by atoms with Crippen LogP contribution in [0, 0.1) is 0 Å². The van der Waals surface area contributed by atoms with Crippen LogP contribution in [0.5, 0.6) is 0 Å². The van der Waals surface area contributed by atoms with Gasteiger partial charge in [-0.2, -0.15) is 0 Å². The van der Waals surface area contributed by atoms with Gasteiger partial charge < -0.3 is 15.5 Å². The first-order chi connectivity index (χ1) is 7.99. The monoisotopic (exact) mass is 253 g/mol. The highest BCUT2D eigenvalue weighted by molar-refractivity contribution is 6.31. The first kappa shape index (κ1) is 11.5. The summed E-state index contributed by atoms with van der Waals surface area (Å²) in [5.74, 6) is -2.24. The molecular formula is C11H8ClNO4. The third-order valence-electron chi connectivity index (χ3n) is 2.39. The summed E-state index contributed by atoms with van der Waals surface area (Å²) >= 11 is 5.76. The smallest absolute Gasteiger partial charge is 0.335 e. The van der Waals surface area contributed by atoms with Gasteiger partial charge >= 0.3 is 5.97 Å². The van der Waals surface area contributed by atoms with Crippen LogP contribution in [0.25, 0.3) is 5.76 Å². The number of carboxylic acid groups (broad SMARTS) is 1. The van der Waals surface area contributed by atoms with Crippen LogP contribution in [0.3, 0.4) is 0 Å². The number of aliphatic hydroxyl groups is 1. The second-order valence-corrected chi connectivity index (χ2v) is 3.98. The number of aliphatic carboxylic acids is 1. The van der Waals surface area contributed by atoms with Gasteiger partial charge in [-0.15, -0.1) is 0 Å². The van der Waals surface area contributed by atoms with E-state index in [1.807, 2.05) is 0 Å². The molecule has 2 rings (SSSR count). The van der Waals surface area contributed by atoms with Crippen LogP contribution in [0.2, 0.25) is 5.02 Å². The second-order valence-electron chi connectivity index (χ2n) is 3.55. The first-order valence-electron chi connectivity index (χ1n) is 4.74. The number of halogens is 1. The van der Waals surface area contributed by atoms with E-state index in [4.69, 9.17) is 16.7 Å². The third-order valence-corrected chi connectivity index (χ3v) is 2.63. The normalized spacial score (nSPS) is 15.0. The molecule has 0 aliphatic carbocycles. The van der Waals surface area contributed by atoms with E-state index in [1.165, 1.54) is 18.2 Å². The molecule has 1 aromatic rings. The second kappa shape index (κ2) is 4.10. The Kier molecular flexibility index (Phi) is 2.77. The molecule has 0 spiro atoms. The number of amides is 1. The molecule has 6 heteroatoms. The van der Waals surface area contributed by atoms with Gasteiger partial charge in [0.05, 0.1) is 17.7 Å². The number of hydrogen-bond donors (Lipinski definition) is 3. The van der Waals surface area contributed by atoms with Gasteiger partial charge in [0.15, 0.2) is 0 Å². The maximum Gasteiger partial charge on any atom is 0.335 e. The van der Waals surface area contributed by atoms with Crippen molar-refractivity contribution in [2.24, 2.45) is 0 Å². The maximum atomic E-state index is 11.5. The Hall–Kier alpha value is -2.01. The molecule has 5 nitrogen and oxygen atoms in total. The van der Waals surface area contributed by atoms with Crippen LogP contribution in [-0.4, -0.2) is 22.1 Å². The summed E-state index contributed by atoms with van der Waals surface area (Å²) in [6.45, 7) is 0. The van der Waals surface area contributed by atoms with Crippen LogP contribution in [0.4, 0.5) is 5.69 Å². The topological polar surface area (TPSA) is 86.6 Å². The zero-order valence-corrected chi connectivity index (χ0v) is 9.28. The van der Waals surface area contributed by atoms with E-state index >= 15 is 0 Å². The molecule has 1 heterocycles. The minimum absolute atomic E-state index is 0.248. The summed E-state index contributed by atoms with van der Waals surface area (Å²) in [4.78, 5) is 22.4. The van der Waals surface area contributed by atoms with E-state index in [0.29, 0.717) is 10.7 Å². The number of benzene rings is 1. The zero-order chi connectivity index (χ0) is 12.6. The summed E-state index contributed by atoms with van der Waals surface area (Å²) in [5.41, 5.74) is 0.220. The van der Waals surface area contributed by atoms with Crippen LogP contribution in [-0.2, 0) is 9.59 Å². The molecule has 17 heavy (non-hydrogen) atoms. The van der Waals surface area contributed by atoms with E-state index < -0.39 is 17.6 Å². The van der Waals surface area contributed by atoms with Gasteiger partial charge in [0.25, 0.3) is 0 Å². The molecule has 1 aromatic carbocycles. The summed E-state index contributed by atoms with van der Waals surface area (Å²) in [6, 6.07) is 4.42. The number of nitrogens with one attached hydrogen (secondary N) is 1. The summed E-state index contributed by atoms with van der Waals surface area (Å²) < 4.78 is 0. The van der Waals surface area contributed by atoms with Crippen LogP contribution in [0.15, 0.2) is 23.8 Å². The Morgan fingerprint density at radius 2 is 2.12 bits per heavy atom. The molecule has 1 amide bonds. The summed E-state index contributed by atoms with van der Waals surface area (Å²) in [6.07, 6.45) is -0.381. The molecule has 0 radical (unpaired) electrons. The molecule has 0 fully saturated rings. The van der Waals surface area contributed by atoms with Gasteiger partial charge in [-0.1, -0.05) is 11.6 Å². The molecule has 1 aliphatic heterocycles. The molecule has 0 saturated heterocycles. The van der Waals surface area contributed by atoms with Crippen molar-refractivity contribution in [1.29, 1.82) is 0 Å². The van der Waals surface area contributed by atoms with Crippen molar-refractivity contribution in [1.82, 2.24) is 0 Å². The lowest BCUT2D eigenvalue weighted by Gasteiger charge is -2.07. The Morgan fingerprint density at radius 1 is 1.41 bits per heavy atom. The molecule has 88 valence electrons. The van der Waals surface area contributed by atoms with Crippen molar-refractivity contribution in [3.05, 3.63) is 34.4 Å². The number of carbonyl (C=O) groups is 2. The molecule has 3 N–H and O–H groups in total. The fraction of sp³-hybridized carbons (Fsp3) is 0.0909. The molecular weight excluding hydrogens is 246 g/mol. The lowest BCUT2D eigenvalue weighted by molar-refractivity contribution is -0.133. The number of rotatable bonds is 1. The number of hydrogen-bond acceptors (Lipinski definition) is 3. The van der Waals surface area contributed by atoms with E-state index in [9.17, 15) is 14.7 Å². The average molecular weight is 254 g/mol. The van der Waals surface area contributed by atoms with Crippen LogP contribution >= 0.6 is 11.6 Å². The number of fused-ring (bicyclic) bond motifs is 1. The van der Waals surface area contributed by atoms with Gasteiger partial charge in [-0.3, -0.25) is 4.79 Å². The molecule has 0 atom stereocenters. The van der Waals surface area contributed by atoms with Crippen molar-refractivity contribution >= 4 is 34.9 Å². The minimum atomic E-state index is -1.32. The number of carboxylic acids is 1. The molecule has 0 bridgehead atoms. The van der Waals surface area contributed by atoms with E-state index in [-0.39, 0.29) is 17.6 Å². The van der Waals surface area contributed by atoms with Crippen LogP contribution in [0.1, 0.15) is 12.0 Å². The Morgan fingerprint density at radius 3 is 2.76 bits per heavy atom. The van der Waals surface area contributed by atoms with Crippen molar-refractivity contribution < 1.29 is 19.8 Å². The third kappa shape index (κ3) is 2.09. The van der Waals surface area contributed by atoms with Gasteiger partial charge in [-0.25, -0.2) is 4.79 Å². The Bertz CT molecular complexity index is 550. The van der Waals surface area contributed by atoms with Gasteiger partial charge in [0.2, 0.25) is 5.91 Å². The van der Waals surface area contributed by atoms with Gasteiger partial charge in [-0.05, 0) is 18.2 Å². The highest BCUT2D eigenvalue weighted by Gasteiger charge is 2.25. The average Bonchev–Trinajstić information content (AvgIpc) is 2.35. The molecule has 0 unspecified atom stereocenters. The summed E-state index contributed by atoms with van der Waals surface area (Å²) in [7, 11) is 0. The summed E-state index contributed by atoms with van der Waals surface area (Å²) in [5, 5.41) is 21.6. The lowest BCUT2D eigenvalue weighted by Crippen LogP contribution is -2.13. The molecule has 1 aliphatic rings. The SMILES string of the molecule is O=C1CC(C(=O)O)=C(O)c2ccc(Cl)cc2N1. The highest BCUT2D eigenvalue weighted by atomic mass is 35.5. The predicted octanol–water partition coefficient (Wildman–Crippen LogP) is 2.04. The van der Waals surface area contributed by atoms with Crippen molar-refractivity contribution in [3.63, 3.8) is 0 Å². The lowest BCUT2D eigenvalue weighted by atomic mass is 10.1. The fourth-order valence-corrected chi connectivity index (χ4v) is 1.78. The number of carbonyl (C=O) groups excluding carboxylic acids is 1. The largest absolute Gasteiger partial charge is 0.507 e. The highest BCUT2D eigenvalue weighted by Crippen LogP contribution is 2.31. The fourth-order valence-electron chi connectivity index (χ4n) is 1.60. The minimum Gasteiger partial charge on any atom is -0.507 e. The Balaban J connectivity index is 2.66. The van der Waals surface area contributed by atoms with Crippen molar-refractivity contribution in [2.75, 3.05) is 5.32 Å². The quantitative estimate of drug-likeness (QED) is 0.715. The van der Waals surface area contributed by atoms with E-state index in [0.717, 1.165) is 0 Å². The van der Waals surface area contributed by atoms with Gasteiger partial charge in [0, 0.05) is 10.6 Å². The van der Waals surface area contributed by atoms with E-state index in [1.54, 1.807) is 0 Å². The number of anilines is 1. The van der Waals surface area contributed by atoms with Crippen molar-refractivity contribution in [2.45, 2.75) is 6.42 Å². The number of aliphatic hydroxyl groups excluding tert-OH is 1. The first-order valence-corrected chi connectivity index (χ1v) is 5.12. The Labute approximate surface area is 101 Å². The van der Waals surface area contributed by atoms with E-state index in [2.05, 4.69) is 5.32 Å². The predicted molar refractivity (Wildman–Crippen MR) is 61.9 cm³/mol. The van der Waals surface area contributed by atoms with Crippen molar-refractivity contribution in [3.8, 4) is 0 Å². The maximum absolute atomic E-state index is 11.5. The molecule has 0 aromatic heterocycles. The standard InChI is InChI=1S/C11H8ClNO4/c12-5-1-2-6-8(3-5)13-9(14)4-7(10(6)15)11(16)17/h1-3,15H,4H2,(H,13,14)(H,16,17). The van der Waals surface area contributed by atoms with Gasteiger partial charge in [0.1, 0.15) is 5.76 Å². The molecule has 0 saturated carbocycles. The zero-order valence-electron chi connectivity index (χ0n) is 8.53. The van der Waals surface area contributed by atoms with Crippen LogP contribution < -0.4 is 5.32 Å².